The SMILES string of the molecule is O=C(O)[C@H](CO)NC(=O)N1CCN(c2ncccn2)CC1. The van der Waals surface area contributed by atoms with Crippen LogP contribution in [0.4, 0.5) is 10.7 Å². The molecule has 2 amide bonds. The number of rotatable bonds is 4. The van der Waals surface area contributed by atoms with Crippen molar-refractivity contribution in [2.45, 2.75) is 6.04 Å². The van der Waals surface area contributed by atoms with Crippen molar-refractivity contribution in [3.63, 3.8) is 0 Å². The number of urea groups is 1. The summed E-state index contributed by atoms with van der Waals surface area (Å²) < 4.78 is 0. The van der Waals surface area contributed by atoms with Crippen molar-refractivity contribution in [2.24, 2.45) is 0 Å². The molecule has 1 aliphatic rings. The van der Waals surface area contributed by atoms with Crippen LogP contribution in [0.25, 0.3) is 0 Å². The second-order valence-corrected chi connectivity index (χ2v) is 4.55. The fraction of sp³-hybridized carbons (Fsp3) is 0.500. The van der Waals surface area contributed by atoms with Gasteiger partial charge in [0, 0.05) is 38.6 Å². The van der Waals surface area contributed by atoms with E-state index in [9.17, 15) is 9.59 Å². The molecule has 9 nitrogen and oxygen atoms in total. The van der Waals surface area contributed by atoms with Gasteiger partial charge in [-0.05, 0) is 6.07 Å². The number of anilines is 1. The fourth-order valence-corrected chi connectivity index (χ4v) is 1.99. The van der Waals surface area contributed by atoms with E-state index in [4.69, 9.17) is 10.2 Å². The Labute approximate surface area is 121 Å². The Hall–Kier alpha value is -2.42. The minimum absolute atomic E-state index is 0.432. The quantitative estimate of drug-likeness (QED) is 0.635. The van der Waals surface area contributed by atoms with Crippen LogP contribution in [0.1, 0.15) is 0 Å². The Morgan fingerprint density at radius 3 is 2.38 bits per heavy atom. The molecule has 1 saturated heterocycles. The zero-order valence-corrected chi connectivity index (χ0v) is 11.3. The summed E-state index contributed by atoms with van der Waals surface area (Å²) in [5, 5.41) is 20.0. The molecular formula is C12H17N5O4. The molecule has 0 unspecified atom stereocenters. The van der Waals surface area contributed by atoms with E-state index >= 15 is 0 Å². The molecule has 0 radical (unpaired) electrons. The first-order valence-corrected chi connectivity index (χ1v) is 6.53. The second kappa shape index (κ2) is 6.84. The van der Waals surface area contributed by atoms with Gasteiger partial charge in [-0.1, -0.05) is 0 Å². The molecule has 0 spiro atoms. The van der Waals surface area contributed by atoms with Crippen LogP contribution in [-0.2, 0) is 4.79 Å². The highest BCUT2D eigenvalue weighted by molar-refractivity contribution is 5.82. The Kier molecular flexibility index (Phi) is 4.88. The third-order valence-electron chi connectivity index (χ3n) is 3.18. The van der Waals surface area contributed by atoms with Crippen molar-refractivity contribution in [3.8, 4) is 0 Å². The van der Waals surface area contributed by atoms with Crippen molar-refractivity contribution in [1.82, 2.24) is 20.2 Å². The summed E-state index contributed by atoms with van der Waals surface area (Å²) >= 11 is 0. The molecule has 1 aliphatic heterocycles. The standard InChI is InChI=1S/C12H17N5O4/c18-8-9(10(19)20)15-12(21)17-6-4-16(5-7-17)11-13-2-1-3-14-11/h1-3,9,18H,4-8H2,(H,15,21)(H,19,20)/t9-/m0/s1. The van der Waals surface area contributed by atoms with Crippen LogP contribution in [0.3, 0.4) is 0 Å². The van der Waals surface area contributed by atoms with E-state index in [-0.39, 0.29) is 0 Å². The van der Waals surface area contributed by atoms with E-state index in [0.717, 1.165) is 0 Å². The summed E-state index contributed by atoms with van der Waals surface area (Å²) in [5.41, 5.74) is 0. The smallest absolute Gasteiger partial charge is 0.328 e. The van der Waals surface area contributed by atoms with Gasteiger partial charge in [0.25, 0.3) is 0 Å². The zero-order chi connectivity index (χ0) is 15.2. The van der Waals surface area contributed by atoms with Gasteiger partial charge in [-0.2, -0.15) is 0 Å². The van der Waals surface area contributed by atoms with Gasteiger partial charge in [0.05, 0.1) is 6.61 Å². The van der Waals surface area contributed by atoms with E-state index < -0.39 is 24.6 Å². The maximum absolute atomic E-state index is 11.9. The molecule has 114 valence electrons. The number of nitrogens with one attached hydrogen (secondary N) is 1. The predicted molar refractivity (Wildman–Crippen MR) is 72.9 cm³/mol. The lowest BCUT2D eigenvalue weighted by molar-refractivity contribution is -0.140. The van der Waals surface area contributed by atoms with Crippen molar-refractivity contribution < 1.29 is 19.8 Å². The summed E-state index contributed by atoms with van der Waals surface area (Å²) in [6.45, 7) is 1.35. The average molecular weight is 295 g/mol. The number of nitrogens with zero attached hydrogens (tertiary/aromatic N) is 4. The van der Waals surface area contributed by atoms with E-state index in [0.29, 0.717) is 32.1 Å². The highest BCUT2D eigenvalue weighted by Gasteiger charge is 2.26. The van der Waals surface area contributed by atoms with Gasteiger partial charge in [0.1, 0.15) is 0 Å². The van der Waals surface area contributed by atoms with Crippen molar-refractivity contribution >= 4 is 17.9 Å². The number of hydrogen-bond donors (Lipinski definition) is 3. The lowest BCUT2D eigenvalue weighted by Gasteiger charge is -2.35. The molecule has 0 saturated carbocycles. The van der Waals surface area contributed by atoms with Crippen molar-refractivity contribution in [1.29, 1.82) is 0 Å². The summed E-state index contributed by atoms with van der Waals surface area (Å²) in [6.07, 6.45) is 3.31. The molecule has 1 fully saturated rings. The van der Waals surface area contributed by atoms with Crippen LogP contribution in [0.15, 0.2) is 18.5 Å². The Morgan fingerprint density at radius 1 is 1.24 bits per heavy atom. The fourth-order valence-electron chi connectivity index (χ4n) is 1.99. The second-order valence-electron chi connectivity index (χ2n) is 4.55. The molecule has 2 heterocycles. The van der Waals surface area contributed by atoms with Crippen LogP contribution in [-0.4, -0.2) is 75.9 Å². The Bertz CT molecular complexity index is 490. The average Bonchev–Trinajstić information content (AvgIpc) is 2.53. The molecule has 3 N–H and O–H groups in total. The maximum Gasteiger partial charge on any atom is 0.328 e. The lowest BCUT2D eigenvalue weighted by atomic mass is 10.3. The summed E-state index contributed by atoms with van der Waals surface area (Å²) in [4.78, 5) is 34.4. The number of carboxylic acids is 1. The predicted octanol–water partition coefficient (Wildman–Crippen LogP) is -1.25. The third-order valence-corrected chi connectivity index (χ3v) is 3.18. The lowest BCUT2D eigenvalue weighted by Crippen LogP contribution is -2.55. The van der Waals surface area contributed by atoms with Crippen molar-refractivity contribution in [3.05, 3.63) is 18.5 Å². The first kappa shape index (κ1) is 15.0. The molecule has 2 rings (SSSR count). The van der Waals surface area contributed by atoms with Crippen molar-refractivity contribution in [2.75, 3.05) is 37.7 Å². The highest BCUT2D eigenvalue weighted by atomic mass is 16.4. The van der Waals surface area contributed by atoms with E-state index in [1.807, 2.05) is 4.90 Å². The molecular weight excluding hydrogens is 278 g/mol. The Morgan fingerprint density at radius 2 is 1.86 bits per heavy atom. The van der Waals surface area contributed by atoms with Gasteiger partial charge >= 0.3 is 12.0 Å². The van der Waals surface area contributed by atoms with Gasteiger partial charge in [0.15, 0.2) is 6.04 Å². The topological polar surface area (TPSA) is 119 Å². The minimum Gasteiger partial charge on any atom is -0.480 e. The van der Waals surface area contributed by atoms with Crippen LogP contribution < -0.4 is 10.2 Å². The largest absolute Gasteiger partial charge is 0.480 e. The number of aliphatic hydroxyl groups is 1. The van der Waals surface area contributed by atoms with E-state index in [2.05, 4.69) is 15.3 Å². The monoisotopic (exact) mass is 295 g/mol. The molecule has 21 heavy (non-hydrogen) atoms. The van der Waals surface area contributed by atoms with Crippen LogP contribution >= 0.6 is 0 Å². The van der Waals surface area contributed by atoms with Gasteiger partial charge in [0.2, 0.25) is 5.95 Å². The zero-order valence-electron chi connectivity index (χ0n) is 11.3. The third kappa shape index (κ3) is 3.78. The first-order valence-electron chi connectivity index (χ1n) is 6.53. The minimum atomic E-state index is -1.28. The first-order chi connectivity index (χ1) is 10.1. The number of hydrogen-bond acceptors (Lipinski definition) is 6. The summed E-state index contributed by atoms with van der Waals surface area (Å²) in [7, 11) is 0. The number of carboxylic acid groups (broad SMARTS) is 1. The highest BCUT2D eigenvalue weighted by Crippen LogP contribution is 2.09. The normalized spacial score (nSPS) is 16.4. The Balaban J connectivity index is 1.86. The molecule has 0 aliphatic carbocycles. The number of aliphatic carboxylic acids is 1. The number of aromatic nitrogens is 2. The van der Waals surface area contributed by atoms with Gasteiger partial charge < -0.3 is 25.3 Å². The summed E-state index contributed by atoms with van der Waals surface area (Å²) in [5.74, 6) is -0.654. The van der Waals surface area contributed by atoms with Crippen LogP contribution in [0.5, 0.6) is 0 Å². The number of carbonyl (C=O) groups excluding carboxylic acids is 1. The van der Waals surface area contributed by atoms with Crippen LogP contribution in [0, 0.1) is 0 Å². The molecule has 1 aromatic heterocycles. The van der Waals surface area contributed by atoms with E-state index in [1.54, 1.807) is 18.5 Å². The number of amides is 2. The molecule has 1 atom stereocenters. The number of carbonyl (C=O) groups is 2. The number of aliphatic hydroxyl groups excluding tert-OH is 1. The number of piperazine rings is 1. The summed E-state index contributed by atoms with van der Waals surface area (Å²) in [6, 6.07) is -0.0493. The van der Waals surface area contributed by atoms with E-state index in [1.165, 1.54) is 4.90 Å². The van der Waals surface area contributed by atoms with Gasteiger partial charge in [-0.3, -0.25) is 0 Å². The molecule has 0 aromatic carbocycles. The molecule has 0 bridgehead atoms. The maximum atomic E-state index is 11.9. The van der Waals surface area contributed by atoms with Gasteiger partial charge in [-0.25, -0.2) is 19.6 Å². The molecule has 9 heteroatoms. The van der Waals surface area contributed by atoms with Crippen LogP contribution in [0.2, 0.25) is 0 Å². The van der Waals surface area contributed by atoms with Gasteiger partial charge in [-0.15, -0.1) is 0 Å². The molecule has 1 aromatic rings.